The number of nitrogens with one attached hydrogen (secondary N) is 1. The van der Waals surface area contributed by atoms with Crippen LogP contribution in [0.5, 0.6) is 0 Å². The van der Waals surface area contributed by atoms with Crippen LogP contribution in [0.1, 0.15) is 18.1 Å². The van der Waals surface area contributed by atoms with E-state index in [1.54, 1.807) is 0 Å². The fourth-order valence-corrected chi connectivity index (χ4v) is 3.44. The third-order valence-corrected chi connectivity index (χ3v) is 4.92. The van der Waals surface area contributed by atoms with Gasteiger partial charge in [0.1, 0.15) is 0 Å². The molecule has 0 radical (unpaired) electrons. The molecular formula is C18H26N4O2. The predicted molar refractivity (Wildman–Crippen MR) is 92.6 cm³/mol. The summed E-state index contributed by atoms with van der Waals surface area (Å²) in [5.41, 5.74) is 2.62. The Bertz CT molecular complexity index is 611. The summed E-state index contributed by atoms with van der Waals surface area (Å²) in [4.78, 5) is 30.1. The molecule has 1 N–H and O–H groups in total. The molecule has 0 aliphatic carbocycles. The van der Waals surface area contributed by atoms with Gasteiger partial charge in [0, 0.05) is 45.8 Å². The molecule has 0 spiro atoms. The van der Waals surface area contributed by atoms with Gasteiger partial charge >= 0.3 is 6.03 Å². The maximum atomic E-state index is 12.5. The number of rotatable bonds is 4. The van der Waals surface area contributed by atoms with Crippen molar-refractivity contribution >= 4 is 11.9 Å². The van der Waals surface area contributed by atoms with Gasteiger partial charge in [0.2, 0.25) is 5.91 Å². The zero-order chi connectivity index (χ0) is 17.1. The minimum atomic E-state index is -0.259. The predicted octanol–water partition coefficient (Wildman–Crippen LogP) is 1.05. The lowest BCUT2D eigenvalue weighted by Gasteiger charge is -2.38. The minimum absolute atomic E-state index is 0.0860. The van der Waals surface area contributed by atoms with E-state index in [9.17, 15) is 9.59 Å². The van der Waals surface area contributed by atoms with Gasteiger partial charge in [-0.25, -0.2) is 4.79 Å². The van der Waals surface area contributed by atoms with E-state index >= 15 is 0 Å². The number of hydrogen-bond donors (Lipinski definition) is 1. The molecule has 0 bridgehead atoms. The number of benzene rings is 1. The largest absolute Gasteiger partial charge is 0.336 e. The van der Waals surface area contributed by atoms with Crippen molar-refractivity contribution in [2.75, 3.05) is 39.3 Å². The van der Waals surface area contributed by atoms with Crippen LogP contribution in [0.3, 0.4) is 0 Å². The Kier molecular flexibility index (Phi) is 5.16. The topological polar surface area (TPSA) is 55.9 Å². The van der Waals surface area contributed by atoms with Gasteiger partial charge in [-0.1, -0.05) is 29.8 Å². The quantitative estimate of drug-likeness (QED) is 0.897. The maximum Gasteiger partial charge on any atom is 0.324 e. The van der Waals surface area contributed by atoms with Crippen LogP contribution in [0.2, 0.25) is 0 Å². The highest BCUT2D eigenvalue weighted by Crippen LogP contribution is 2.13. The molecular weight excluding hydrogens is 304 g/mol. The number of aryl methyl sites for hydroxylation is 1. The first-order valence-corrected chi connectivity index (χ1v) is 8.66. The number of hydrogen-bond acceptors (Lipinski definition) is 4. The van der Waals surface area contributed by atoms with Crippen LogP contribution in [0.4, 0.5) is 4.79 Å². The Morgan fingerprint density at radius 2 is 1.96 bits per heavy atom. The first-order valence-electron chi connectivity index (χ1n) is 8.66. The number of amides is 3. The Hall–Kier alpha value is -1.92. The van der Waals surface area contributed by atoms with Crippen molar-refractivity contribution in [3.63, 3.8) is 0 Å². The van der Waals surface area contributed by atoms with Crippen molar-refractivity contribution < 1.29 is 9.59 Å². The summed E-state index contributed by atoms with van der Waals surface area (Å²) in [6, 6.07) is 8.11. The fraction of sp³-hybridized carbons (Fsp3) is 0.556. The monoisotopic (exact) mass is 330 g/mol. The number of piperazine rings is 1. The average Bonchev–Trinajstić information content (AvgIpc) is 3.00. The summed E-state index contributed by atoms with van der Waals surface area (Å²) in [7, 11) is 0. The van der Waals surface area contributed by atoms with E-state index in [1.165, 1.54) is 16.0 Å². The molecule has 2 heterocycles. The highest BCUT2D eigenvalue weighted by atomic mass is 16.2. The second-order valence-corrected chi connectivity index (χ2v) is 6.70. The van der Waals surface area contributed by atoms with Crippen LogP contribution in [-0.2, 0) is 11.3 Å². The van der Waals surface area contributed by atoms with Crippen LogP contribution in [0.25, 0.3) is 0 Å². The van der Waals surface area contributed by atoms with Gasteiger partial charge in [0.15, 0.2) is 0 Å². The summed E-state index contributed by atoms with van der Waals surface area (Å²) in [5.74, 6) is -0.0860. The average molecular weight is 330 g/mol. The second kappa shape index (κ2) is 7.32. The smallest absolute Gasteiger partial charge is 0.324 e. The van der Waals surface area contributed by atoms with Crippen molar-refractivity contribution in [3.8, 4) is 0 Å². The van der Waals surface area contributed by atoms with Crippen LogP contribution in [0, 0.1) is 6.92 Å². The lowest BCUT2D eigenvalue weighted by Crippen LogP contribution is -2.54. The Morgan fingerprint density at radius 3 is 2.58 bits per heavy atom. The molecule has 2 aliphatic rings. The SMILES string of the molecule is Cc1cccc(CN2CCN([C@@H](C)C(=O)N3CCNC3=O)CC2)c1. The van der Waals surface area contributed by atoms with Crippen molar-refractivity contribution in [2.24, 2.45) is 0 Å². The zero-order valence-electron chi connectivity index (χ0n) is 14.5. The molecule has 2 saturated heterocycles. The Labute approximate surface area is 143 Å². The van der Waals surface area contributed by atoms with Crippen LogP contribution in [0.15, 0.2) is 24.3 Å². The van der Waals surface area contributed by atoms with Crippen molar-refractivity contribution in [1.29, 1.82) is 0 Å². The second-order valence-electron chi connectivity index (χ2n) is 6.70. The third kappa shape index (κ3) is 3.76. The standard InChI is InChI=1S/C18H26N4O2/c1-14-4-3-5-16(12-14)13-20-8-10-21(11-9-20)15(2)17(23)22-7-6-19-18(22)24/h3-5,12,15H,6-11,13H2,1-2H3,(H,19,24)/t15-/m0/s1. The molecule has 0 unspecified atom stereocenters. The number of urea groups is 1. The van der Waals surface area contributed by atoms with Crippen LogP contribution in [-0.4, -0.2) is 71.9 Å². The molecule has 2 fully saturated rings. The first-order chi connectivity index (χ1) is 11.5. The summed E-state index contributed by atoms with van der Waals surface area (Å²) in [6.45, 7) is 9.61. The molecule has 24 heavy (non-hydrogen) atoms. The lowest BCUT2D eigenvalue weighted by molar-refractivity contribution is -0.133. The van der Waals surface area contributed by atoms with E-state index in [4.69, 9.17) is 0 Å². The van der Waals surface area contributed by atoms with E-state index < -0.39 is 0 Å². The van der Waals surface area contributed by atoms with Crippen molar-refractivity contribution in [2.45, 2.75) is 26.4 Å². The van der Waals surface area contributed by atoms with E-state index in [0.29, 0.717) is 13.1 Å². The number of nitrogens with zero attached hydrogens (tertiary/aromatic N) is 3. The van der Waals surface area contributed by atoms with Crippen LogP contribution < -0.4 is 5.32 Å². The first kappa shape index (κ1) is 16.9. The molecule has 1 aromatic carbocycles. The van der Waals surface area contributed by atoms with Gasteiger partial charge < -0.3 is 5.32 Å². The number of imide groups is 1. The van der Waals surface area contributed by atoms with E-state index in [1.807, 2.05) is 6.92 Å². The maximum absolute atomic E-state index is 12.5. The van der Waals surface area contributed by atoms with E-state index in [2.05, 4.69) is 46.3 Å². The molecule has 0 aromatic heterocycles. The molecule has 2 aliphatic heterocycles. The zero-order valence-corrected chi connectivity index (χ0v) is 14.5. The van der Waals surface area contributed by atoms with E-state index in [0.717, 1.165) is 32.7 Å². The molecule has 1 aromatic rings. The van der Waals surface area contributed by atoms with Gasteiger partial charge in [-0.3, -0.25) is 19.5 Å². The fourth-order valence-electron chi connectivity index (χ4n) is 3.44. The summed E-state index contributed by atoms with van der Waals surface area (Å²) in [6.07, 6.45) is 0. The van der Waals surface area contributed by atoms with Crippen molar-refractivity contribution in [1.82, 2.24) is 20.0 Å². The van der Waals surface area contributed by atoms with Gasteiger partial charge in [0.05, 0.1) is 6.04 Å². The molecule has 6 heteroatoms. The summed E-state index contributed by atoms with van der Waals surface area (Å²) >= 11 is 0. The molecule has 3 rings (SSSR count). The van der Waals surface area contributed by atoms with Gasteiger partial charge in [-0.05, 0) is 19.4 Å². The molecule has 1 atom stereocenters. The number of carbonyl (C=O) groups excluding carboxylic acids is 2. The normalized spacial score (nSPS) is 20.9. The molecule has 0 saturated carbocycles. The number of carbonyl (C=O) groups is 2. The molecule has 6 nitrogen and oxygen atoms in total. The molecule has 3 amide bonds. The lowest BCUT2D eigenvalue weighted by atomic mass is 10.1. The third-order valence-electron chi connectivity index (χ3n) is 4.92. The van der Waals surface area contributed by atoms with Crippen LogP contribution >= 0.6 is 0 Å². The van der Waals surface area contributed by atoms with Gasteiger partial charge in [-0.2, -0.15) is 0 Å². The summed E-state index contributed by atoms with van der Waals surface area (Å²) in [5, 5.41) is 2.69. The Balaban J connectivity index is 1.51. The van der Waals surface area contributed by atoms with E-state index in [-0.39, 0.29) is 18.0 Å². The van der Waals surface area contributed by atoms with Crippen molar-refractivity contribution in [3.05, 3.63) is 35.4 Å². The Morgan fingerprint density at radius 1 is 1.21 bits per heavy atom. The molecule has 130 valence electrons. The van der Waals surface area contributed by atoms with Gasteiger partial charge in [0.25, 0.3) is 0 Å². The minimum Gasteiger partial charge on any atom is -0.336 e. The highest BCUT2D eigenvalue weighted by Gasteiger charge is 2.33. The summed E-state index contributed by atoms with van der Waals surface area (Å²) < 4.78 is 0. The highest BCUT2D eigenvalue weighted by molar-refractivity contribution is 5.98. The van der Waals surface area contributed by atoms with Gasteiger partial charge in [-0.15, -0.1) is 0 Å².